The van der Waals surface area contributed by atoms with E-state index in [2.05, 4.69) is 29.9 Å². The van der Waals surface area contributed by atoms with Gasteiger partial charge in [0.15, 0.2) is 5.43 Å². The van der Waals surface area contributed by atoms with E-state index < -0.39 is 0 Å². The maximum absolute atomic E-state index is 11.0. The summed E-state index contributed by atoms with van der Waals surface area (Å²) in [6.45, 7) is 8.35. The maximum atomic E-state index is 11.0. The van der Waals surface area contributed by atoms with Crippen LogP contribution >= 0.6 is 0 Å². The molecule has 0 radical (unpaired) electrons. The van der Waals surface area contributed by atoms with E-state index >= 15 is 0 Å². The third-order valence-corrected chi connectivity index (χ3v) is 3.61. The van der Waals surface area contributed by atoms with Gasteiger partial charge in [-0.2, -0.15) is 0 Å². The van der Waals surface area contributed by atoms with Gasteiger partial charge in [-0.05, 0) is 24.3 Å². The summed E-state index contributed by atoms with van der Waals surface area (Å²) in [5, 5.41) is 0. The Labute approximate surface area is 132 Å². The van der Waals surface area contributed by atoms with Crippen LogP contribution in [0.25, 0.3) is 0 Å². The van der Waals surface area contributed by atoms with Gasteiger partial charge in [-0.15, -0.1) is 0 Å². The number of H-pyrrole nitrogens is 1. The van der Waals surface area contributed by atoms with Gasteiger partial charge in [-0.3, -0.25) is 4.79 Å². The maximum Gasteiger partial charge on any atom is 0.216 e. The lowest BCUT2D eigenvalue weighted by Gasteiger charge is -2.11. The summed E-state index contributed by atoms with van der Waals surface area (Å²) in [5.74, 6) is 1.59. The topological polar surface area (TPSA) is 55.0 Å². The number of aromatic nitrogens is 2. The number of ether oxygens (including phenoxy) is 1. The van der Waals surface area contributed by atoms with E-state index in [1.165, 1.54) is 5.56 Å². The molecule has 0 aliphatic carbocycles. The second-order valence-corrected chi connectivity index (χ2v) is 5.53. The molecule has 0 spiro atoms. The molecule has 0 fully saturated rings. The third-order valence-electron chi connectivity index (χ3n) is 3.61. The smallest absolute Gasteiger partial charge is 0.216 e. The molecule has 2 aromatic rings. The van der Waals surface area contributed by atoms with E-state index in [9.17, 15) is 4.79 Å². The molecule has 0 saturated heterocycles. The molecule has 0 aliphatic heterocycles. The van der Waals surface area contributed by atoms with Crippen molar-refractivity contribution < 1.29 is 4.74 Å². The second kappa shape index (κ2) is 9.03. The van der Waals surface area contributed by atoms with Crippen molar-refractivity contribution in [2.45, 2.75) is 46.0 Å². The Morgan fingerprint density at radius 2 is 1.95 bits per heavy atom. The highest BCUT2D eigenvalue weighted by atomic mass is 16.5. The van der Waals surface area contributed by atoms with Crippen molar-refractivity contribution in [3.05, 3.63) is 58.1 Å². The molecule has 4 nitrogen and oxygen atoms in total. The Morgan fingerprint density at radius 1 is 1.23 bits per heavy atom. The zero-order valence-electron chi connectivity index (χ0n) is 14.1. The second-order valence-electron chi connectivity index (χ2n) is 5.53. The largest absolute Gasteiger partial charge is 0.481 e. The first-order valence-electron chi connectivity index (χ1n) is 7.67. The monoisotopic (exact) mass is 302 g/mol. The molecule has 0 aromatic carbocycles. The standard InChI is InChI=1S/C10H15NO.C8H11NO/c1-4-8(2)9-6-5-7-11-10(9)12-3;1-6(2)7-5-9-4-3-8(7)10/h5-8H,4H2,1-3H3;3-6H,1-2H3,(H,9,10). The predicted molar refractivity (Wildman–Crippen MR) is 90.6 cm³/mol. The number of nitrogens with one attached hydrogen (secondary N) is 1. The van der Waals surface area contributed by atoms with Crippen molar-refractivity contribution in [3.8, 4) is 5.88 Å². The summed E-state index contributed by atoms with van der Waals surface area (Å²) >= 11 is 0. The Balaban J connectivity index is 0.000000224. The normalized spacial score (nSPS) is 11.5. The molecule has 1 unspecified atom stereocenters. The van der Waals surface area contributed by atoms with E-state index in [1.54, 1.807) is 31.8 Å². The third kappa shape index (κ3) is 5.02. The van der Waals surface area contributed by atoms with Crippen molar-refractivity contribution in [1.82, 2.24) is 9.97 Å². The van der Waals surface area contributed by atoms with Crippen molar-refractivity contribution >= 4 is 0 Å². The lowest BCUT2D eigenvalue weighted by atomic mass is 10.0. The van der Waals surface area contributed by atoms with Gasteiger partial charge in [-0.25, -0.2) is 4.98 Å². The number of hydrogen-bond donors (Lipinski definition) is 1. The van der Waals surface area contributed by atoms with Crippen LogP contribution in [0.4, 0.5) is 0 Å². The predicted octanol–water partition coefficient (Wildman–Crippen LogP) is 4.10. The molecule has 0 bridgehead atoms. The molecule has 22 heavy (non-hydrogen) atoms. The first kappa shape index (κ1) is 18.0. The van der Waals surface area contributed by atoms with Gasteiger partial charge in [-0.1, -0.05) is 33.8 Å². The number of aromatic amines is 1. The van der Waals surface area contributed by atoms with Crippen molar-refractivity contribution in [2.24, 2.45) is 0 Å². The van der Waals surface area contributed by atoms with Crippen molar-refractivity contribution in [1.29, 1.82) is 0 Å². The SMILES string of the molecule is CC(C)c1c[nH]ccc1=O.CCC(C)c1cccnc1OC. The molecule has 2 heterocycles. The lowest BCUT2D eigenvalue weighted by Crippen LogP contribution is -2.08. The average Bonchev–Trinajstić information content (AvgIpc) is 2.54. The van der Waals surface area contributed by atoms with Crippen LogP contribution in [0.15, 0.2) is 41.6 Å². The molecular formula is C18H26N2O2. The molecule has 1 atom stereocenters. The van der Waals surface area contributed by atoms with Crippen LogP contribution in [-0.2, 0) is 0 Å². The highest BCUT2D eigenvalue weighted by Crippen LogP contribution is 2.25. The van der Waals surface area contributed by atoms with Gasteiger partial charge in [0, 0.05) is 35.8 Å². The molecule has 0 saturated carbocycles. The van der Waals surface area contributed by atoms with E-state index in [-0.39, 0.29) is 5.43 Å². The Kier molecular flexibility index (Phi) is 7.37. The van der Waals surface area contributed by atoms with Crippen LogP contribution in [0, 0.1) is 0 Å². The molecule has 0 aliphatic rings. The van der Waals surface area contributed by atoms with Gasteiger partial charge >= 0.3 is 0 Å². The van der Waals surface area contributed by atoms with Crippen LogP contribution in [-0.4, -0.2) is 17.1 Å². The van der Waals surface area contributed by atoms with Crippen LogP contribution in [0.3, 0.4) is 0 Å². The molecule has 4 heteroatoms. The Hall–Kier alpha value is -2.10. The molecule has 120 valence electrons. The van der Waals surface area contributed by atoms with Crippen molar-refractivity contribution in [3.63, 3.8) is 0 Å². The molecule has 1 N–H and O–H groups in total. The summed E-state index contributed by atoms with van der Waals surface area (Å²) in [5.41, 5.74) is 2.17. The first-order chi connectivity index (χ1) is 10.5. The summed E-state index contributed by atoms with van der Waals surface area (Å²) < 4.78 is 5.16. The highest BCUT2D eigenvalue weighted by molar-refractivity contribution is 5.28. The minimum Gasteiger partial charge on any atom is -0.481 e. The van der Waals surface area contributed by atoms with Crippen molar-refractivity contribution in [2.75, 3.05) is 7.11 Å². The molecule has 2 aromatic heterocycles. The lowest BCUT2D eigenvalue weighted by molar-refractivity contribution is 0.389. The fourth-order valence-electron chi connectivity index (χ4n) is 2.05. The number of hydrogen-bond acceptors (Lipinski definition) is 3. The number of nitrogens with zero attached hydrogens (tertiary/aromatic N) is 1. The molecule has 2 rings (SSSR count). The van der Waals surface area contributed by atoms with E-state index in [0.29, 0.717) is 11.8 Å². The quantitative estimate of drug-likeness (QED) is 0.925. The first-order valence-corrected chi connectivity index (χ1v) is 7.67. The van der Waals surface area contributed by atoms with E-state index in [0.717, 1.165) is 17.9 Å². The van der Waals surface area contributed by atoms with Gasteiger partial charge in [0.25, 0.3) is 0 Å². The minimum atomic E-state index is 0.119. The highest BCUT2D eigenvalue weighted by Gasteiger charge is 2.08. The van der Waals surface area contributed by atoms with E-state index in [4.69, 9.17) is 4.74 Å². The Bertz CT molecular complexity index is 620. The fraction of sp³-hybridized carbons (Fsp3) is 0.444. The summed E-state index contributed by atoms with van der Waals surface area (Å²) in [7, 11) is 1.66. The van der Waals surface area contributed by atoms with Crippen LogP contribution in [0.2, 0.25) is 0 Å². The van der Waals surface area contributed by atoms with Crippen LogP contribution < -0.4 is 10.2 Å². The van der Waals surface area contributed by atoms with E-state index in [1.807, 2.05) is 19.9 Å². The van der Waals surface area contributed by atoms with Crippen LogP contribution in [0.1, 0.15) is 57.1 Å². The fourth-order valence-corrected chi connectivity index (χ4v) is 2.05. The molecule has 0 amide bonds. The average molecular weight is 302 g/mol. The minimum absolute atomic E-state index is 0.119. The van der Waals surface area contributed by atoms with Gasteiger partial charge in [0.2, 0.25) is 5.88 Å². The van der Waals surface area contributed by atoms with Gasteiger partial charge in [0.1, 0.15) is 0 Å². The van der Waals surface area contributed by atoms with Crippen LogP contribution in [0.5, 0.6) is 5.88 Å². The summed E-state index contributed by atoms with van der Waals surface area (Å²) in [6.07, 6.45) is 6.27. The van der Waals surface area contributed by atoms with Gasteiger partial charge < -0.3 is 9.72 Å². The zero-order chi connectivity index (χ0) is 16.5. The van der Waals surface area contributed by atoms with Gasteiger partial charge in [0.05, 0.1) is 7.11 Å². The number of rotatable bonds is 4. The number of methoxy groups -OCH3 is 1. The summed E-state index contributed by atoms with van der Waals surface area (Å²) in [4.78, 5) is 18.1. The zero-order valence-corrected chi connectivity index (χ0v) is 14.1. The Morgan fingerprint density at radius 3 is 2.45 bits per heavy atom. The molecular weight excluding hydrogens is 276 g/mol. The number of pyridine rings is 2. The summed E-state index contributed by atoms with van der Waals surface area (Å²) in [6, 6.07) is 5.57.